The summed E-state index contributed by atoms with van der Waals surface area (Å²) in [5.74, 6) is -0.0887. The summed E-state index contributed by atoms with van der Waals surface area (Å²) in [6.45, 7) is 3.46. The van der Waals surface area contributed by atoms with Gasteiger partial charge in [-0.25, -0.2) is 4.98 Å². The molecule has 0 saturated heterocycles. The summed E-state index contributed by atoms with van der Waals surface area (Å²) in [6.07, 6.45) is 0.259. The topological polar surface area (TPSA) is 95.1 Å². The third-order valence-electron chi connectivity index (χ3n) is 3.36. The molecule has 2 rings (SSSR count). The average Bonchev–Trinajstić information content (AvgIpc) is 2.51. The molecule has 0 unspecified atom stereocenters. The van der Waals surface area contributed by atoms with Crippen molar-refractivity contribution in [1.29, 1.82) is 0 Å². The second kappa shape index (κ2) is 8.32. The number of benzene rings is 1. The minimum Gasteiger partial charge on any atom is -0.396 e. The quantitative estimate of drug-likeness (QED) is 0.538. The van der Waals surface area contributed by atoms with Crippen LogP contribution in [0, 0.1) is 13.8 Å². The van der Waals surface area contributed by atoms with E-state index < -0.39 is 0 Å². The molecule has 0 aliphatic rings. The molecule has 0 aliphatic heterocycles. The predicted molar refractivity (Wildman–Crippen MR) is 95.9 cm³/mol. The number of rotatable bonds is 6. The maximum Gasteiger partial charge on any atom is 0.255 e. The Labute approximate surface area is 148 Å². The van der Waals surface area contributed by atoms with Crippen LogP contribution in [0.4, 0.5) is 5.69 Å². The number of aromatic nitrogens is 2. The molecule has 128 valence electrons. The van der Waals surface area contributed by atoms with Crippen LogP contribution < -0.4 is 10.9 Å². The number of nitrogens with zero attached hydrogens (tertiary/aromatic N) is 1. The van der Waals surface area contributed by atoms with Gasteiger partial charge in [-0.2, -0.15) is 0 Å². The molecule has 0 aliphatic carbocycles. The van der Waals surface area contributed by atoms with Crippen LogP contribution >= 0.6 is 23.4 Å². The number of halogens is 1. The van der Waals surface area contributed by atoms with Crippen LogP contribution in [-0.4, -0.2) is 33.3 Å². The first-order valence-corrected chi connectivity index (χ1v) is 8.66. The molecule has 0 atom stereocenters. The SMILES string of the molecule is Cc1cc(Cl)ccc1NC(=O)CSc1nc(C)c(CCO)c(=O)[nH]1. The summed E-state index contributed by atoms with van der Waals surface area (Å²) in [6, 6.07) is 5.22. The fraction of sp³-hybridized carbons (Fsp3) is 0.312. The highest BCUT2D eigenvalue weighted by Gasteiger charge is 2.11. The number of carbonyl (C=O) groups excluding carboxylic acids is 1. The molecule has 1 aromatic carbocycles. The van der Waals surface area contributed by atoms with Crippen molar-refractivity contribution in [3.63, 3.8) is 0 Å². The minimum atomic E-state index is -0.284. The van der Waals surface area contributed by atoms with E-state index in [1.165, 1.54) is 0 Å². The van der Waals surface area contributed by atoms with Crippen molar-refractivity contribution in [2.24, 2.45) is 0 Å². The van der Waals surface area contributed by atoms with Gasteiger partial charge in [0, 0.05) is 35.0 Å². The van der Waals surface area contributed by atoms with Crippen molar-refractivity contribution in [3.8, 4) is 0 Å². The van der Waals surface area contributed by atoms with E-state index in [9.17, 15) is 9.59 Å². The Morgan fingerprint density at radius 2 is 2.17 bits per heavy atom. The Morgan fingerprint density at radius 3 is 2.79 bits per heavy atom. The Balaban J connectivity index is 2.00. The zero-order chi connectivity index (χ0) is 17.7. The molecule has 2 aromatic rings. The molecule has 8 heteroatoms. The Hall–Kier alpha value is -1.83. The molecule has 1 aromatic heterocycles. The lowest BCUT2D eigenvalue weighted by Crippen LogP contribution is -2.19. The number of nitrogens with one attached hydrogen (secondary N) is 2. The average molecular weight is 368 g/mol. The highest BCUT2D eigenvalue weighted by atomic mass is 35.5. The van der Waals surface area contributed by atoms with Crippen LogP contribution in [0.3, 0.4) is 0 Å². The Morgan fingerprint density at radius 1 is 1.42 bits per heavy atom. The standard InChI is InChI=1S/C16H18ClN3O3S/c1-9-7-11(17)3-4-13(9)19-14(22)8-24-16-18-10(2)12(5-6-21)15(23)20-16/h3-4,7,21H,5-6,8H2,1-2H3,(H,19,22)(H,18,20,23). The van der Waals surface area contributed by atoms with E-state index in [0.29, 0.717) is 27.1 Å². The van der Waals surface area contributed by atoms with E-state index in [4.69, 9.17) is 16.7 Å². The number of hydrogen-bond acceptors (Lipinski definition) is 5. The zero-order valence-electron chi connectivity index (χ0n) is 13.4. The van der Waals surface area contributed by atoms with Crippen molar-refractivity contribution in [2.45, 2.75) is 25.4 Å². The number of aryl methyl sites for hydroxylation is 2. The molecule has 3 N–H and O–H groups in total. The molecular weight excluding hydrogens is 350 g/mol. The molecule has 24 heavy (non-hydrogen) atoms. The van der Waals surface area contributed by atoms with Crippen LogP contribution in [-0.2, 0) is 11.2 Å². The van der Waals surface area contributed by atoms with Gasteiger partial charge in [-0.3, -0.25) is 9.59 Å². The van der Waals surface area contributed by atoms with Crippen LogP contribution in [0.15, 0.2) is 28.2 Å². The van der Waals surface area contributed by atoms with Gasteiger partial charge in [-0.05, 0) is 37.6 Å². The molecule has 0 fully saturated rings. The summed E-state index contributed by atoms with van der Waals surface area (Å²) >= 11 is 7.03. The molecule has 1 heterocycles. The zero-order valence-corrected chi connectivity index (χ0v) is 14.9. The number of thioether (sulfide) groups is 1. The number of aliphatic hydroxyl groups is 1. The maximum atomic E-state index is 12.0. The summed E-state index contributed by atoms with van der Waals surface area (Å²) in [7, 11) is 0. The fourth-order valence-corrected chi connectivity index (χ4v) is 3.08. The van der Waals surface area contributed by atoms with Gasteiger partial charge in [0.05, 0.1) is 5.75 Å². The molecule has 0 bridgehead atoms. The van der Waals surface area contributed by atoms with E-state index >= 15 is 0 Å². The number of carbonyl (C=O) groups is 1. The van der Waals surface area contributed by atoms with Crippen molar-refractivity contribution < 1.29 is 9.90 Å². The number of anilines is 1. The minimum absolute atomic E-state index is 0.110. The van der Waals surface area contributed by atoms with Gasteiger partial charge in [-0.15, -0.1) is 0 Å². The van der Waals surface area contributed by atoms with E-state index in [1.807, 2.05) is 6.92 Å². The summed E-state index contributed by atoms with van der Waals surface area (Å²) in [5, 5.41) is 12.7. The molecular formula is C16H18ClN3O3S. The van der Waals surface area contributed by atoms with Gasteiger partial charge in [0.15, 0.2) is 5.16 Å². The van der Waals surface area contributed by atoms with Gasteiger partial charge in [0.25, 0.3) is 5.56 Å². The van der Waals surface area contributed by atoms with Gasteiger partial charge in [0.2, 0.25) is 5.91 Å². The third kappa shape index (κ3) is 4.83. The summed E-state index contributed by atoms with van der Waals surface area (Å²) in [4.78, 5) is 30.9. The lowest BCUT2D eigenvalue weighted by Gasteiger charge is -2.09. The third-order valence-corrected chi connectivity index (χ3v) is 4.47. The molecule has 0 radical (unpaired) electrons. The van der Waals surface area contributed by atoms with E-state index in [2.05, 4.69) is 15.3 Å². The number of amides is 1. The van der Waals surface area contributed by atoms with Crippen molar-refractivity contribution in [3.05, 3.63) is 50.4 Å². The molecule has 0 saturated carbocycles. The monoisotopic (exact) mass is 367 g/mol. The first-order valence-electron chi connectivity index (χ1n) is 7.30. The second-order valence-corrected chi connectivity index (χ2v) is 6.61. The summed E-state index contributed by atoms with van der Waals surface area (Å²) < 4.78 is 0. The van der Waals surface area contributed by atoms with Gasteiger partial charge < -0.3 is 15.4 Å². The second-order valence-electron chi connectivity index (χ2n) is 5.20. The number of aromatic amines is 1. The van der Waals surface area contributed by atoms with Crippen molar-refractivity contribution in [1.82, 2.24) is 9.97 Å². The molecule has 1 amide bonds. The Kier molecular flexibility index (Phi) is 6.42. The first-order chi connectivity index (χ1) is 11.4. The lowest BCUT2D eigenvalue weighted by atomic mass is 10.2. The molecule has 6 nitrogen and oxygen atoms in total. The van der Waals surface area contributed by atoms with E-state index in [0.717, 1.165) is 17.3 Å². The van der Waals surface area contributed by atoms with Crippen LogP contribution in [0.25, 0.3) is 0 Å². The van der Waals surface area contributed by atoms with E-state index in [-0.39, 0.29) is 30.2 Å². The number of aliphatic hydroxyl groups excluding tert-OH is 1. The van der Waals surface area contributed by atoms with Gasteiger partial charge >= 0.3 is 0 Å². The largest absolute Gasteiger partial charge is 0.396 e. The number of hydrogen-bond donors (Lipinski definition) is 3. The predicted octanol–water partition coefficient (Wildman–Crippen LogP) is 2.31. The van der Waals surface area contributed by atoms with Gasteiger partial charge in [-0.1, -0.05) is 23.4 Å². The van der Waals surface area contributed by atoms with Crippen LogP contribution in [0.2, 0.25) is 5.02 Å². The van der Waals surface area contributed by atoms with Crippen LogP contribution in [0.1, 0.15) is 16.8 Å². The number of H-pyrrole nitrogens is 1. The smallest absolute Gasteiger partial charge is 0.255 e. The highest BCUT2D eigenvalue weighted by Crippen LogP contribution is 2.20. The fourth-order valence-electron chi connectivity index (χ4n) is 2.15. The maximum absolute atomic E-state index is 12.0. The Bertz CT molecular complexity index is 808. The van der Waals surface area contributed by atoms with Crippen LogP contribution in [0.5, 0.6) is 0 Å². The van der Waals surface area contributed by atoms with Crippen molar-refractivity contribution >= 4 is 35.0 Å². The highest BCUT2D eigenvalue weighted by molar-refractivity contribution is 7.99. The summed E-state index contributed by atoms with van der Waals surface area (Å²) in [5.41, 5.74) is 2.30. The van der Waals surface area contributed by atoms with E-state index in [1.54, 1.807) is 25.1 Å². The van der Waals surface area contributed by atoms with Gasteiger partial charge in [0.1, 0.15) is 0 Å². The lowest BCUT2D eigenvalue weighted by molar-refractivity contribution is -0.113. The normalized spacial score (nSPS) is 10.7. The first kappa shape index (κ1) is 18.5. The molecule has 0 spiro atoms. The van der Waals surface area contributed by atoms with Crippen molar-refractivity contribution in [2.75, 3.05) is 17.7 Å².